The lowest BCUT2D eigenvalue weighted by Gasteiger charge is -2.19. The molecule has 1 aromatic heterocycles. The summed E-state index contributed by atoms with van der Waals surface area (Å²) in [6, 6.07) is 1.34. The molecule has 82 valence electrons. The van der Waals surface area contributed by atoms with Gasteiger partial charge in [0.2, 0.25) is 0 Å². The molecule has 0 radical (unpaired) electrons. The molecule has 15 heavy (non-hydrogen) atoms. The fourth-order valence-electron chi connectivity index (χ4n) is 1.21. The summed E-state index contributed by atoms with van der Waals surface area (Å²) in [6.45, 7) is 0.301. The van der Waals surface area contributed by atoms with Gasteiger partial charge in [-0.15, -0.1) is 0 Å². The van der Waals surface area contributed by atoms with Crippen LogP contribution < -0.4 is 10.6 Å². The van der Waals surface area contributed by atoms with Crippen molar-refractivity contribution in [2.75, 3.05) is 30.8 Å². The third-order valence-electron chi connectivity index (χ3n) is 2.00. The van der Waals surface area contributed by atoms with Crippen LogP contribution in [0.25, 0.3) is 0 Å². The Morgan fingerprint density at radius 3 is 2.87 bits per heavy atom. The topological polar surface area (TPSA) is 99.7 Å². The molecule has 0 aliphatic rings. The molecule has 0 fully saturated rings. The van der Waals surface area contributed by atoms with E-state index in [1.54, 1.807) is 11.9 Å². The quantitative estimate of drug-likeness (QED) is 0.637. The summed E-state index contributed by atoms with van der Waals surface area (Å²) in [4.78, 5) is 16.3. The van der Waals surface area contributed by atoms with E-state index >= 15 is 0 Å². The number of pyridine rings is 1. The minimum Gasteiger partial charge on any atom is -0.478 e. The minimum atomic E-state index is -1.09. The highest BCUT2D eigenvalue weighted by Gasteiger charge is 2.14. The zero-order valence-corrected chi connectivity index (χ0v) is 8.34. The van der Waals surface area contributed by atoms with Gasteiger partial charge < -0.3 is 20.8 Å². The van der Waals surface area contributed by atoms with Crippen LogP contribution in [0.2, 0.25) is 0 Å². The van der Waals surface area contributed by atoms with E-state index in [-0.39, 0.29) is 17.9 Å². The van der Waals surface area contributed by atoms with Crippen molar-refractivity contribution in [3.05, 3.63) is 17.8 Å². The van der Waals surface area contributed by atoms with Gasteiger partial charge >= 0.3 is 5.97 Å². The third kappa shape index (κ3) is 2.35. The monoisotopic (exact) mass is 211 g/mol. The lowest BCUT2D eigenvalue weighted by molar-refractivity contribution is 0.0698. The standard InChI is InChI=1S/C9H13N3O3/c1-12(4-5-13)8-7(10)6(9(14)15)2-3-11-8/h2-3,13H,4-5,10H2,1H3,(H,14,15). The van der Waals surface area contributed by atoms with Gasteiger partial charge in [-0.1, -0.05) is 0 Å². The molecular weight excluding hydrogens is 198 g/mol. The van der Waals surface area contributed by atoms with Gasteiger partial charge in [0.05, 0.1) is 17.9 Å². The van der Waals surface area contributed by atoms with Crippen molar-refractivity contribution in [1.82, 2.24) is 4.98 Å². The highest BCUT2D eigenvalue weighted by atomic mass is 16.4. The van der Waals surface area contributed by atoms with Gasteiger partial charge in [0.1, 0.15) is 0 Å². The highest BCUT2D eigenvalue weighted by molar-refractivity contribution is 5.96. The van der Waals surface area contributed by atoms with Crippen molar-refractivity contribution in [3.8, 4) is 0 Å². The van der Waals surface area contributed by atoms with E-state index in [0.29, 0.717) is 12.4 Å². The summed E-state index contributed by atoms with van der Waals surface area (Å²) in [5.41, 5.74) is 5.78. The second kappa shape index (κ2) is 4.61. The molecule has 6 nitrogen and oxygen atoms in total. The molecule has 0 aliphatic carbocycles. The maximum Gasteiger partial charge on any atom is 0.337 e. The van der Waals surface area contributed by atoms with Gasteiger partial charge in [0.15, 0.2) is 5.82 Å². The zero-order chi connectivity index (χ0) is 11.4. The molecule has 0 saturated heterocycles. The average molecular weight is 211 g/mol. The molecule has 6 heteroatoms. The van der Waals surface area contributed by atoms with Crippen molar-refractivity contribution < 1.29 is 15.0 Å². The summed E-state index contributed by atoms with van der Waals surface area (Å²) in [5.74, 6) is -0.725. The van der Waals surface area contributed by atoms with Crippen molar-refractivity contribution in [3.63, 3.8) is 0 Å². The number of aromatic carboxylic acids is 1. The Morgan fingerprint density at radius 2 is 2.33 bits per heavy atom. The summed E-state index contributed by atoms with van der Waals surface area (Å²) in [5, 5.41) is 17.6. The van der Waals surface area contributed by atoms with Gasteiger partial charge in [-0.2, -0.15) is 0 Å². The second-order valence-electron chi connectivity index (χ2n) is 3.05. The second-order valence-corrected chi connectivity index (χ2v) is 3.05. The van der Waals surface area contributed by atoms with Crippen LogP contribution in [-0.2, 0) is 0 Å². The van der Waals surface area contributed by atoms with Gasteiger partial charge in [0.25, 0.3) is 0 Å². The number of carboxylic acid groups (broad SMARTS) is 1. The number of nitrogens with two attached hydrogens (primary N) is 1. The van der Waals surface area contributed by atoms with Crippen molar-refractivity contribution in [2.24, 2.45) is 0 Å². The molecule has 0 spiro atoms. The Balaban J connectivity index is 3.09. The number of carboxylic acids is 1. The number of nitrogens with zero attached hydrogens (tertiary/aromatic N) is 2. The molecule has 4 N–H and O–H groups in total. The molecule has 1 aromatic rings. The predicted molar refractivity (Wildman–Crippen MR) is 56.0 cm³/mol. The Bertz CT molecular complexity index is 368. The molecule has 0 aliphatic heterocycles. The van der Waals surface area contributed by atoms with Crippen LogP contribution in [0.1, 0.15) is 10.4 Å². The fraction of sp³-hybridized carbons (Fsp3) is 0.333. The van der Waals surface area contributed by atoms with Crippen LogP contribution in [-0.4, -0.2) is 41.4 Å². The van der Waals surface area contributed by atoms with Crippen LogP contribution >= 0.6 is 0 Å². The highest BCUT2D eigenvalue weighted by Crippen LogP contribution is 2.22. The average Bonchev–Trinajstić information content (AvgIpc) is 2.17. The van der Waals surface area contributed by atoms with Crippen LogP contribution in [0.4, 0.5) is 11.5 Å². The van der Waals surface area contributed by atoms with Gasteiger partial charge in [-0.3, -0.25) is 0 Å². The Hall–Kier alpha value is -1.82. The van der Waals surface area contributed by atoms with E-state index in [4.69, 9.17) is 15.9 Å². The minimum absolute atomic E-state index is 0.0183. The number of nitrogen functional groups attached to an aromatic ring is 1. The Labute approximate surface area is 87.0 Å². The largest absolute Gasteiger partial charge is 0.478 e. The van der Waals surface area contributed by atoms with E-state index in [2.05, 4.69) is 4.98 Å². The first-order chi connectivity index (χ1) is 7.07. The van der Waals surface area contributed by atoms with Gasteiger partial charge in [-0.05, 0) is 6.07 Å². The smallest absolute Gasteiger partial charge is 0.337 e. The number of aliphatic hydroxyl groups is 1. The number of rotatable bonds is 4. The number of aromatic nitrogens is 1. The third-order valence-corrected chi connectivity index (χ3v) is 2.00. The fourth-order valence-corrected chi connectivity index (χ4v) is 1.21. The first kappa shape index (κ1) is 11.3. The van der Waals surface area contributed by atoms with E-state index in [0.717, 1.165) is 0 Å². The molecule has 0 unspecified atom stereocenters. The summed E-state index contributed by atoms with van der Waals surface area (Å²) in [6.07, 6.45) is 1.38. The molecule has 0 aromatic carbocycles. The van der Waals surface area contributed by atoms with Crippen LogP contribution in [0.5, 0.6) is 0 Å². The molecule has 0 amide bonds. The van der Waals surface area contributed by atoms with E-state index in [9.17, 15) is 4.79 Å². The van der Waals surface area contributed by atoms with Crippen molar-refractivity contribution in [1.29, 1.82) is 0 Å². The Kier molecular flexibility index (Phi) is 3.46. The predicted octanol–water partition coefficient (Wildman–Crippen LogP) is -0.210. The van der Waals surface area contributed by atoms with E-state index in [1.165, 1.54) is 12.3 Å². The number of aliphatic hydroxyl groups excluding tert-OH is 1. The SMILES string of the molecule is CN(CCO)c1nccc(C(=O)O)c1N. The normalized spacial score (nSPS) is 10.0. The number of anilines is 2. The zero-order valence-electron chi connectivity index (χ0n) is 8.34. The van der Waals surface area contributed by atoms with Gasteiger partial charge in [-0.25, -0.2) is 9.78 Å². The maximum atomic E-state index is 10.8. The maximum absolute atomic E-state index is 10.8. The number of hydrogen-bond acceptors (Lipinski definition) is 5. The summed E-state index contributed by atoms with van der Waals surface area (Å²) in [7, 11) is 1.68. The van der Waals surface area contributed by atoms with Crippen molar-refractivity contribution in [2.45, 2.75) is 0 Å². The van der Waals surface area contributed by atoms with Crippen LogP contribution in [0.3, 0.4) is 0 Å². The molecule has 1 heterocycles. The number of carbonyl (C=O) groups is 1. The summed E-state index contributed by atoms with van der Waals surface area (Å²) < 4.78 is 0. The molecular formula is C9H13N3O3. The van der Waals surface area contributed by atoms with E-state index < -0.39 is 5.97 Å². The molecule has 0 atom stereocenters. The number of hydrogen-bond donors (Lipinski definition) is 3. The van der Waals surface area contributed by atoms with Crippen molar-refractivity contribution >= 4 is 17.5 Å². The van der Waals surface area contributed by atoms with Crippen LogP contribution in [0.15, 0.2) is 12.3 Å². The molecule has 1 rings (SSSR count). The molecule has 0 bridgehead atoms. The number of likely N-dealkylation sites (N-methyl/N-ethyl adjacent to an activating group) is 1. The first-order valence-corrected chi connectivity index (χ1v) is 4.37. The molecule has 0 saturated carbocycles. The first-order valence-electron chi connectivity index (χ1n) is 4.37. The summed E-state index contributed by atoms with van der Waals surface area (Å²) >= 11 is 0. The van der Waals surface area contributed by atoms with Crippen LogP contribution in [0, 0.1) is 0 Å². The Morgan fingerprint density at radius 1 is 1.67 bits per heavy atom. The lowest BCUT2D eigenvalue weighted by atomic mass is 10.2. The van der Waals surface area contributed by atoms with Gasteiger partial charge in [0, 0.05) is 19.8 Å². The lowest BCUT2D eigenvalue weighted by Crippen LogP contribution is -2.24. The van der Waals surface area contributed by atoms with E-state index in [1.807, 2.05) is 0 Å².